The number of nitrogens with zero attached hydrogens (tertiary/aromatic N) is 1. The van der Waals surface area contributed by atoms with Gasteiger partial charge in [0.25, 0.3) is 0 Å². The van der Waals surface area contributed by atoms with Crippen molar-refractivity contribution in [3.63, 3.8) is 0 Å². The molecule has 0 radical (unpaired) electrons. The monoisotopic (exact) mass is 200 g/mol. The van der Waals surface area contributed by atoms with E-state index in [9.17, 15) is 0 Å². The second kappa shape index (κ2) is 7.21. The van der Waals surface area contributed by atoms with E-state index in [0.29, 0.717) is 0 Å². The van der Waals surface area contributed by atoms with Crippen molar-refractivity contribution in [3.05, 3.63) is 0 Å². The van der Waals surface area contributed by atoms with Gasteiger partial charge in [-0.15, -0.1) is 0 Å². The number of piperidine rings is 1. The Morgan fingerprint density at radius 3 is 2.79 bits per heavy atom. The van der Waals surface area contributed by atoms with Gasteiger partial charge in [-0.3, -0.25) is 0 Å². The number of likely N-dealkylation sites (N-methyl/N-ethyl adjacent to an activating group) is 1. The molecular formula is C11H24N2O. The zero-order valence-corrected chi connectivity index (χ0v) is 9.34. The van der Waals surface area contributed by atoms with Crippen molar-refractivity contribution < 1.29 is 5.11 Å². The molecule has 3 nitrogen and oxygen atoms in total. The molecule has 84 valence electrons. The molecule has 0 amide bonds. The molecule has 14 heavy (non-hydrogen) atoms. The summed E-state index contributed by atoms with van der Waals surface area (Å²) in [4.78, 5) is 2.32. The minimum atomic E-state index is 0.284. The van der Waals surface area contributed by atoms with E-state index in [1.165, 1.54) is 32.2 Å². The second-order valence-electron chi connectivity index (χ2n) is 4.09. The summed E-state index contributed by atoms with van der Waals surface area (Å²) in [6.45, 7) is 6.62. The average molecular weight is 200 g/mol. The van der Waals surface area contributed by atoms with Crippen molar-refractivity contribution in [1.29, 1.82) is 0 Å². The average Bonchev–Trinajstić information content (AvgIpc) is 2.25. The highest BCUT2D eigenvalue weighted by atomic mass is 16.3. The fourth-order valence-electron chi connectivity index (χ4n) is 2.08. The van der Waals surface area contributed by atoms with Gasteiger partial charge in [0, 0.05) is 12.6 Å². The summed E-state index contributed by atoms with van der Waals surface area (Å²) in [5, 5.41) is 12.4. The highest BCUT2D eigenvalue weighted by Crippen LogP contribution is 2.10. The van der Waals surface area contributed by atoms with E-state index >= 15 is 0 Å². The highest BCUT2D eigenvalue weighted by Gasteiger charge is 2.13. The van der Waals surface area contributed by atoms with Crippen LogP contribution in [0.25, 0.3) is 0 Å². The molecule has 1 heterocycles. The van der Waals surface area contributed by atoms with E-state index in [1.54, 1.807) is 0 Å². The fraction of sp³-hybridized carbons (Fsp3) is 1.00. The zero-order valence-electron chi connectivity index (χ0n) is 9.34. The third-order valence-electron chi connectivity index (χ3n) is 3.07. The number of hydrogen-bond donors (Lipinski definition) is 2. The Balaban J connectivity index is 2.10. The molecule has 1 fully saturated rings. The molecule has 0 aromatic rings. The lowest BCUT2D eigenvalue weighted by Gasteiger charge is -2.26. The number of rotatable bonds is 6. The largest absolute Gasteiger partial charge is 0.395 e. The topological polar surface area (TPSA) is 35.5 Å². The van der Waals surface area contributed by atoms with Crippen molar-refractivity contribution in [3.8, 4) is 0 Å². The first kappa shape index (κ1) is 12.0. The Morgan fingerprint density at radius 1 is 1.36 bits per heavy atom. The number of aliphatic hydroxyl groups excluding tert-OH is 1. The van der Waals surface area contributed by atoms with Crippen LogP contribution in [0.4, 0.5) is 0 Å². The van der Waals surface area contributed by atoms with Crippen molar-refractivity contribution in [1.82, 2.24) is 10.2 Å². The van der Waals surface area contributed by atoms with Crippen LogP contribution in [-0.2, 0) is 0 Å². The van der Waals surface area contributed by atoms with E-state index in [-0.39, 0.29) is 6.61 Å². The third kappa shape index (κ3) is 4.40. The first-order valence-electron chi connectivity index (χ1n) is 5.93. The molecule has 3 heteroatoms. The molecule has 0 spiro atoms. The standard InChI is InChI=1S/C11H24N2O/c1-2-13(9-10-14)8-6-11-5-3-4-7-12-11/h11-12,14H,2-10H2,1H3/t11-/m0/s1. The molecule has 0 aromatic carbocycles. The van der Waals surface area contributed by atoms with Crippen molar-refractivity contribution in [2.24, 2.45) is 0 Å². The van der Waals surface area contributed by atoms with Gasteiger partial charge in [0.15, 0.2) is 0 Å². The Morgan fingerprint density at radius 2 is 2.21 bits per heavy atom. The molecular weight excluding hydrogens is 176 g/mol. The van der Waals surface area contributed by atoms with Crippen LogP contribution in [0.15, 0.2) is 0 Å². The molecule has 1 aliphatic heterocycles. The van der Waals surface area contributed by atoms with Crippen LogP contribution in [0.1, 0.15) is 32.6 Å². The molecule has 0 bridgehead atoms. The van der Waals surface area contributed by atoms with Gasteiger partial charge >= 0.3 is 0 Å². The van der Waals surface area contributed by atoms with Gasteiger partial charge in [0.2, 0.25) is 0 Å². The van der Waals surface area contributed by atoms with Crippen LogP contribution in [0.3, 0.4) is 0 Å². The predicted octanol–water partition coefficient (Wildman–Crippen LogP) is 0.833. The van der Waals surface area contributed by atoms with E-state index in [0.717, 1.165) is 25.7 Å². The molecule has 0 saturated carbocycles. The summed E-state index contributed by atoms with van der Waals surface area (Å²) >= 11 is 0. The van der Waals surface area contributed by atoms with Gasteiger partial charge in [-0.1, -0.05) is 13.3 Å². The van der Waals surface area contributed by atoms with Crippen molar-refractivity contribution in [2.75, 3.05) is 32.8 Å². The Hall–Kier alpha value is -0.120. The normalized spacial score (nSPS) is 22.9. The summed E-state index contributed by atoms with van der Waals surface area (Å²) < 4.78 is 0. The van der Waals surface area contributed by atoms with Gasteiger partial charge in [-0.05, 0) is 38.9 Å². The van der Waals surface area contributed by atoms with E-state index < -0.39 is 0 Å². The molecule has 1 saturated heterocycles. The fourth-order valence-corrected chi connectivity index (χ4v) is 2.08. The third-order valence-corrected chi connectivity index (χ3v) is 3.07. The van der Waals surface area contributed by atoms with Gasteiger partial charge in [-0.2, -0.15) is 0 Å². The van der Waals surface area contributed by atoms with Crippen LogP contribution < -0.4 is 5.32 Å². The molecule has 0 aromatic heterocycles. The van der Waals surface area contributed by atoms with E-state index in [1.807, 2.05) is 0 Å². The summed E-state index contributed by atoms with van der Waals surface area (Å²) in [6, 6.07) is 0.719. The van der Waals surface area contributed by atoms with Crippen LogP contribution >= 0.6 is 0 Å². The van der Waals surface area contributed by atoms with Crippen LogP contribution in [0.5, 0.6) is 0 Å². The van der Waals surface area contributed by atoms with Gasteiger partial charge in [-0.25, -0.2) is 0 Å². The number of hydrogen-bond acceptors (Lipinski definition) is 3. The molecule has 1 atom stereocenters. The quantitative estimate of drug-likeness (QED) is 0.667. The SMILES string of the molecule is CCN(CCO)CC[C@@H]1CCCCN1. The lowest BCUT2D eigenvalue weighted by Crippen LogP contribution is -2.38. The maximum absolute atomic E-state index is 8.85. The summed E-state index contributed by atoms with van der Waals surface area (Å²) in [7, 11) is 0. The van der Waals surface area contributed by atoms with Crippen LogP contribution in [-0.4, -0.2) is 48.8 Å². The Labute approximate surface area is 87.5 Å². The van der Waals surface area contributed by atoms with Crippen LogP contribution in [0.2, 0.25) is 0 Å². The summed E-state index contributed by atoms with van der Waals surface area (Å²) in [5.74, 6) is 0. The Bertz CT molecular complexity index is 130. The first-order valence-corrected chi connectivity index (χ1v) is 5.93. The maximum Gasteiger partial charge on any atom is 0.0558 e. The van der Waals surface area contributed by atoms with Gasteiger partial charge in [0.1, 0.15) is 0 Å². The van der Waals surface area contributed by atoms with Crippen molar-refractivity contribution in [2.45, 2.75) is 38.6 Å². The lowest BCUT2D eigenvalue weighted by atomic mass is 10.0. The highest BCUT2D eigenvalue weighted by molar-refractivity contribution is 4.73. The minimum Gasteiger partial charge on any atom is -0.395 e. The maximum atomic E-state index is 8.85. The zero-order chi connectivity index (χ0) is 10.2. The predicted molar refractivity (Wildman–Crippen MR) is 59.5 cm³/mol. The van der Waals surface area contributed by atoms with E-state index in [4.69, 9.17) is 5.11 Å². The van der Waals surface area contributed by atoms with E-state index in [2.05, 4.69) is 17.1 Å². The molecule has 0 aliphatic carbocycles. The summed E-state index contributed by atoms with van der Waals surface area (Å²) in [5.41, 5.74) is 0. The number of nitrogens with one attached hydrogen (secondary N) is 1. The molecule has 1 rings (SSSR count). The number of aliphatic hydroxyl groups is 1. The molecule has 1 aliphatic rings. The first-order chi connectivity index (χ1) is 6.86. The van der Waals surface area contributed by atoms with Crippen molar-refractivity contribution >= 4 is 0 Å². The molecule has 2 N–H and O–H groups in total. The minimum absolute atomic E-state index is 0.284. The Kier molecular flexibility index (Phi) is 6.15. The van der Waals surface area contributed by atoms with Gasteiger partial charge < -0.3 is 15.3 Å². The second-order valence-corrected chi connectivity index (χ2v) is 4.09. The molecule has 0 unspecified atom stereocenters. The summed E-state index contributed by atoms with van der Waals surface area (Å²) in [6.07, 6.45) is 5.28. The lowest BCUT2D eigenvalue weighted by molar-refractivity contribution is 0.192. The van der Waals surface area contributed by atoms with Gasteiger partial charge in [0.05, 0.1) is 6.61 Å². The van der Waals surface area contributed by atoms with Crippen LogP contribution in [0, 0.1) is 0 Å². The smallest absolute Gasteiger partial charge is 0.0558 e.